The predicted molar refractivity (Wildman–Crippen MR) is 75.7 cm³/mol. The molecule has 0 fully saturated rings. The van der Waals surface area contributed by atoms with Crippen molar-refractivity contribution in [3.05, 3.63) is 71.0 Å². The van der Waals surface area contributed by atoms with Gasteiger partial charge in [0.05, 0.1) is 7.11 Å². The minimum atomic E-state index is -0.410. The molecule has 0 spiro atoms. The summed E-state index contributed by atoms with van der Waals surface area (Å²) in [6.07, 6.45) is 4.39. The largest absolute Gasteiger partial charge is 0.489 e. The van der Waals surface area contributed by atoms with Crippen LogP contribution < -0.4 is 0 Å². The molecule has 0 radical (unpaired) electrons. The van der Waals surface area contributed by atoms with Crippen molar-refractivity contribution >= 4 is 5.97 Å². The fraction of sp³-hybridized carbons (Fsp3) is 0.235. The standard InChI is InChI=1S/C17H16O3/c1-11-14(17(18)19-2)7-8-16-15(11)9-12-5-3-4-6-13(12)10-20-16/h3-8,14H,1,9-10H2,2H3. The van der Waals surface area contributed by atoms with E-state index in [4.69, 9.17) is 9.47 Å². The van der Waals surface area contributed by atoms with Gasteiger partial charge >= 0.3 is 5.97 Å². The summed E-state index contributed by atoms with van der Waals surface area (Å²) >= 11 is 0. The zero-order valence-corrected chi connectivity index (χ0v) is 11.4. The van der Waals surface area contributed by atoms with Crippen LogP contribution in [0, 0.1) is 5.92 Å². The van der Waals surface area contributed by atoms with Crippen LogP contribution >= 0.6 is 0 Å². The lowest BCUT2D eigenvalue weighted by Gasteiger charge is -2.22. The Morgan fingerprint density at radius 1 is 1.35 bits per heavy atom. The van der Waals surface area contributed by atoms with E-state index in [0.717, 1.165) is 23.3 Å². The Labute approximate surface area is 118 Å². The van der Waals surface area contributed by atoms with E-state index >= 15 is 0 Å². The summed E-state index contributed by atoms with van der Waals surface area (Å²) in [6.45, 7) is 4.62. The molecule has 0 saturated heterocycles. The SMILES string of the molecule is C=C1C2=C(C=CC1C(=O)OC)OCc1ccccc1C2. The molecule has 0 amide bonds. The summed E-state index contributed by atoms with van der Waals surface area (Å²) < 4.78 is 10.7. The van der Waals surface area contributed by atoms with Crippen LogP contribution in [-0.2, 0) is 27.3 Å². The summed E-state index contributed by atoms with van der Waals surface area (Å²) in [6, 6.07) is 8.18. The van der Waals surface area contributed by atoms with E-state index in [-0.39, 0.29) is 5.97 Å². The molecule has 2 aliphatic rings. The Kier molecular flexibility index (Phi) is 3.18. The average Bonchev–Trinajstić information content (AvgIpc) is 2.67. The molecule has 102 valence electrons. The smallest absolute Gasteiger partial charge is 0.317 e. The van der Waals surface area contributed by atoms with Crippen molar-refractivity contribution in [2.24, 2.45) is 5.92 Å². The minimum Gasteiger partial charge on any atom is -0.489 e. The summed E-state index contributed by atoms with van der Waals surface area (Å²) in [7, 11) is 1.40. The highest BCUT2D eigenvalue weighted by Gasteiger charge is 2.29. The molecule has 1 unspecified atom stereocenters. The van der Waals surface area contributed by atoms with Gasteiger partial charge in [0.1, 0.15) is 18.3 Å². The van der Waals surface area contributed by atoms with Gasteiger partial charge in [0.15, 0.2) is 0 Å². The zero-order chi connectivity index (χ0) is 14.1. The maximum Gasteiger partial charge on any atom is 0.317 e. The van der Waals surface area contributed by atoms with Gasteiger partial charge in [-0.1, -0.05) is 36.9 Å². The van der Waals surface area contributed by atoms with Gasteiger partial charge in [0.2, 0.25) is 0 Å². The Morgan fingerprint density at radius 3 is 2.85 bits per heavy atom. The molecule has 3 rings (SSSR count). The summed E-state index contributed by atoms with van der Waals surface area (Å²) in [5, 5.41) is 0. The maximum absolute atomic E-state index is 11.8. The lowest BCUT2D eigenvalue weighted by atomic mass is 9.85. The van der Waals surface area contributed by atoms with Crippen molar-refractivity contribution in [2.75, 3.05) is 7.11 Å². The number of fused-ring (bicyclic) bond motifs is 1. The number of ether oxygens (including phenoxy) is 2. The predicted octanol–water partition coefficient (Wildman–Crippen LogP) is 2.93. The van der Waals surface area contributed by atoms with E-state index in [9.17, 15) is 4.79 Å². The van der Waals surface area contributed by atoms with Gasteiger partial charge in [-0.2, -0.15) is 0 Å². The van der Waals surface area contributed by atoms with Crippen LogP contribution in [0.3, 0.4) is 0 Å². The van der Waals surface area contributed by atoms with Gasteiger partial charge in [-0.15, -0.1) is 0 Å². The molecular formula is C17H16O3. The molecule has 0 saturated carbocycles. The first-order valence-corrected chi connectivity index (χ1v) is 6.58. The molecule has 1 aromatic carbocycles. The molecule has 20 heavy (non-hydrogen) atoms. The highest BCUT2D eigenvalue weighted by Crippen LogP contribution is 2.35. The number of allylic oxidation sites excluding steroid dienone is 2. The Balaban J connectivity index is 1.96. The number of hydrogen-bond donors (Lipinski definition) is 0. The fourth-order valence-electron chi connectivity index (χ4n) is 2.65. The molecule has 1 aliphatic heterocycles. The van der Waals surface area contributed by atoms with E-state index in [1.54, 1.807) is 6.08 Å². The second-order valence-electron chi connectivity index (χ2n) is 4.96. The summed E-state index contributed by atoms with van der Waals surface area (Å²) in [5.74, 6) is 0.120. The fourth-order valence-corrected chi connectivity index (χ4v) is 2.65. The molecule has 1 atom stereocenters. The third-order valence-electron chi connectivity index (χ3n) is 3.82. The topological polar surface area (TPSA) is 35.5 Å². The van der Waals surface area contributed by atoms with Crippen LogP contribution in [-0.4, -0.2) is 13.1 Å². The van der Waals surface area contributed by atoms with Crippen LogP contribution in [0.4, 0.5) is 0 Å². The highest BCUT2D eigenvalue weighted by molar-refractivity contribution is 5.80. The summed E-state index contributed by atoms with van der Waals surface area (Å²) in [5.41, 5.74) is 4.16. The van der Waals surface area contributed by atoms with Crippen molar-refractivity contribution in [2.45, 2.75) is 13.0 Å². The van der Waals surface area contributed by atoms with Gasteiger partial charge in [0, 0.05) is 12.0 Å². The average molecular weight is 268 g/mol. The van der Waals surface area contributed by atoms with Crippen molar-refractivity contribution < 1.29 is 14.3 Å². The number of hydrogen-bond acceptors (Lipinski definition) is 3. The van der Waals surface area contributed by atoms with Crippen molar-refractivity contribution in [3.8, 4) is 0 Å². The Bertz CT molecular complexity index is 637. The first-order valence-electron chi connectivity index (χ1n) is 6.58. The lowest BCUT2D eigenvalue weighted by molar-refractivity contribution is -0.142. The first-order chi connectivity index (χ1) is 9.70. The van der Waals surface area contributed by atoms with Gasteiger partial charge in [-0.3, -0.25) is 4.79 Å². The van der Waals surface area contributed by atoms with Gasteiger partial charge in [0.25, 0.3) is 0 Å². The van der Waals surface area contributed by atoms with E-state index in [1.165, 1.54) is 18.2 Å². The van der Waals surface area contributed by atoms with E-state index in [2.05, 4.69) is 18.7 Å². The number of esters is 1. The van der Waals surface area contributed by atoms with E-state index in [0.29, 0.717) is 6.61 Å². The van der Waals surface area contributed by atoms with Gasteiger partial charge < -0.3 is 9.47 Å². The monoisotopic (exact) mass is 268 g/mol. The lowest BCUT2D eigenvalue weighted by Crippen LogP contribution is -2.20. The molecule has 1 aromatic rings. The van der Waals surface area contributed by atoms with E-state index < -0.39 is 5.92 Å². The molecule has 0 aromatic heterocycles. The maximum atomic E-state index is 11.8. The van der Waals surface area contributed by atoms with Crippen LogP contribution in [0.5, 0.6) is 0 Å². The molecule has 3 heteroatoms. The third-order valence-corrected chi connectivity index (χ3v) is 3.82. The second-order valence-corrected chi connectivity index (χ2v) is 4.96. The van der Waals surface area contributed by atoms with Crippen LogP contribution in [0.2, 0.25) is 0 Å². The van der Waals surface area contributed by atoms with Crippen LogP contribution in [0.25, 0.3) is 0 Å². The molecular weight excluding hydrogens is 252 g/mol. The molecule has 3 nitrogen and oxygen atoms in total. The second kappa shape index (κ2) is 5.00. The third kappa shape index (κ3) is 2.05. The van der Waals surface area contributed by atoms with E-state index in [1.807, 2.05) is 18.2 Å². The van der Waals surface area contributed by atoms with Gasteiger partial charge in [-0.25, -0.2) is 0 Å². The number of benzene rings is 1. The highest BCUT2D eigenvalue weighted by atomic mass is 16.5. The first kappa shape index (κ1) is 12.7. The van der Waals surface area contributed by atoms with Gasteiger partial charge in [-0.05, 0) is 22.8 Å². The summed E-state index contributed by atoms with van der Waals surface area (Å²) in [4.78, 5) is 11.8. The molecule has 1 aliphatic carbocycles. The Hall–Kier alpha value is -2.29. The number of rotatable bonds is 1. The zero-order valence-electron chi connectivity index (χ0n) is 11.4. The Morgan fingerprint density at radius 2 is 2.10 bits per heavy atom. The number of carbonyl (C=O) groups is 1. The van der Waals surface area contributed by atoms with Crippen molar-refractivity contribution in [1.82, 2.24) is 0 Å². The van der Waals surface area contributed by atoms with Crippen LogP contribution in [0.15, 0.2) is 59.9 Å². The quantitative estimate of drug-likeness (QED) is 0.735. The van der Waals surface area contributed by atoms with Crippen molar-refractivity contribution in [1.29, 1.82) is 0 Å². The minimum absolute atomic E-state index is 0.282. The van der Waals surface area contributed by atoms with Crippen LogP contribution in [0.1, 0.15) is 11.1 Å². The number of methoxy groups -OCH3 is 1. The molecule has 0 bridgehead atoms. The number of carbonyl (C=O) groups excluding carboxylic acids is 1. The van der Waals surface area contributed by atoms with Crippen molar-refractivity contribution in [3.63, 3.8) is 0 Å². The molecule has 1 heterocycles. The normalized spacial score (nSPS) is 20.6. The molecule has 0 N–H and O–H groups in total.